The molecule has 21 heavy (non-hydrogen) atoms. The largest absolute Gasteiger partial charge is 0.481 e. The molecule has 0 fully saturated rings. The highest BCUT2D eigenvalue weighted by atomic mass is 35.5. The van der Waals surface area contributed by atoms with E-state index in [0.717, 1.165) is 34.6 Å². The molecular weight excluding hydrogens is 333 g/mol. The molecular formula is C10H6ClF3N4O2S. The number of hydrogen-bond donors (Lipinski definition) is 1. The number of alkyl halides is 3. The smallest absolute Gasteiger partial charge is 0.416 e. The van der Waals surface area contributed by atoms with Crippen molar-refractivity contribution in [1.29, 1.82) is 0 Å². The third-order valence-corrected chi connectivity index (χ3v) is 3.49. The van der Waals surface area contributed by atoms with Gasteiger partial charge in [-0.15, -0.1) is 5.10 Å². The second kappa shape index (κ2) is 5.90. The summed E-state index contributed by atoms with van der Waals surface area (Å²) in [6, 6.07) is 2.71. The van der Waals surface area contributed by atoms with Crippen LogP contribution in [0, 0.1) is 0 Å². The Morgan fingerprint density at radius 1 is 1.43 bits per heavy atom. The average Bonchev–Trinajstić information content (AvgIpc) is 2.83. The highest BCUT2D eigenvalue weighted by Gasteiger charge is 2.31. The Bertz CT molecular complexity index is 677. The third-order valence-electron chi connectivity index (χ3n) is 2.27. The molecule has 0 unspecified atom stereocenters. The van der Waals surface area contributed by atoms with Crippen LogP contribution in [0.3, 0.4) is 0 Å². The van der Waals surface area contributed by atoms with Gasteiger partial charge >= 0.3 is 12.1 Å². The molecule has 2 rings (SSSR count). The lowest BCUT2D eigenvalue weighted by atomic mass is 10.2. The van der Waals surface area contributed by atoms with E-state index >= 15 is 0 Å². The van der Waals surface area contributed by atoms with E-state index in [2.05, 4.69) is 15.5 Å². The highest BCUT2D eigenvalue weighted by molar-refractivity contribution is 7.99. The Morgan fingerprint density at radius 3 is 2.76 bits per heavy atom. The number of halogens is 4. The van der Waals surface area contributed by atoms with Crippen molar-refractivity contribution in [2.75, 3.05) is 5.75 Å². The minimum atomic E-state index is -4.54. The first-order chi connectivity index (χ1) is 9.79. The minimum Gasteiger partial charge on any atom is -0.481 e. The molecule has 0 bridgehead atoms. The summed E-state index contributed by atoms with van der Waals surface area (Å²) in [6.07, 6.45) is -4.54. The molecule has 6 nitrogen and oxygen atoms in total. The Balaban J connectivity index is 2.42. The molecule has 0 spiro atoms. The lowest BCUT2D eigenvalue weighted by Crippen LogP contribution is -2.08. The van der Waals surface area contributed by atoms with E-state index in [1.54, 1.807) is 0 Å². The van der Waals surface area contributed by atoms with Crippen molar-refractivity contribution in [1.82, 2.24) is 20.2 Å². The van der Waals surface area contributed by atoms with Gasteiger partial charge in [-0.2, -0.15) is 17.9 Å². The van der Waals surface area contributed by atoms with Gasteiger partial charge in [0.05, 0.1) is 22.0 Å². The molecule has 0 aliphatic carbocycles. The monoisotopic (exact) mass is 338 g/mol. The van der Waals surface area contributed by atoms with Crippen molar-refractivity contribution in [2.45, 2.75) is 11.3 Å². The van der Waals surface area contributed by atoms with E-state index in [-0.39, 0.29) is 21.6 Å². The van der Waals surface area contributed by atoms with Gasteiger partial charge in [0.1, 0.15) is 0 Å². The fourth-order valence-electron chi connectivity index (χ4n) is 1.40. The Kier molecular flexibility index (Phi) is 4.37. The van der Waals surface area contributed by atoms with Crippen LogP contribution in [0.4, 0.5) is 13.2 Å². The van der Waals surface area contributed by atoms with Crippen molar-refractivity contribution in [3.63, 3.8) is 0 Å². The van der Waals surface area contributed by atoms with E-state index in [4.69, 9.17) is 16.7 Å². The minimum absolute atomic E-state index is 0.00692. The highest BCUT2D eigenvalue weighted by Crippen LogP contribution is 2.33. The van der Waals surface area contributed by atoms with Crippen LogP contribution >= 0.6 is 23.4 Å². The van der Waals surface area contributed by atoms with Gasteiger partial charge in [-0.1, -0.05) is 23.4 Å². The van der Waals surface area contributed by atoms with Gasteiger partial charge in [-0.3, -0.25) is 4.79 Å². The average molecular weight is 339 g/mol. The van der Waals surface area contributed by atoms with Gasteiger partial charge in [0, 0.05) is 0 Å². The SMILES string of the molecule is O=C(O)CSc1nnnn1-c1cc(C(F)(F)F)ccc1Cl. The van der Waals surface area contributed by atoms with Crippen LogP contribution in [0.15, 0.2) is 23.4 Å². The summed E-state index contributed by atoms with van der Waals surface area (Å²) in [5.41, 5.74) is -0.990. The first-order valence-electron chi connectivity index (χ1n) is 5.29. The topological polar surface area (TPSA) is 80.9 Å². The number of rotatable bonds is 4. The predicted octanol–water partition coefficient (Wildman–Crippen LogP) is 2.51. The van der Waals surface area contributed by atoms with Crippen LogP contribution in [0.25, 0.3) is 5.69 Å². The molecule has 0 radical (unpaired) electrons. The molecule has 0 saturated carbocycles. The maximum Gasteiger partial charge on any atom is 0.416 e. The molecule has 1 aromatic heterocycles. The summed E-state index contributed by atoms with van der Waals surface area (Å²) < 4.78 is 39.1. The summed E-state index contributed by atoms with van der Waals surface area (Å²) in [7, 11) is 0. The standard InChI is InChI=1S/C10H6ClF3N4O2S/c11-6-2-1-5(10(12,13)14)3-7(6)18-9(15-16-17-18)21-4-8(19)20/h1-3H,4H2,(H,19,20). The van der Waals surface area contributed by atoms with Crippen LogP contribution in [0.2, 0.25) is 5.02 Å². The zero-order valence-electron chi connectivity index (χ0n) is 10.0. The fraction of sp³-hybridized carbons (Fsp3) is 0.200. The molecule has 1 aromatic carbocycles. The number of nitrogens with zero attached hydrogens (tertiary/aromatic N) is 4. The maximum absolute atomic E-state index is 12.7. The molecule has 11 heteroatoms. The van der Waals surface area contributed by atoms with Crippen LogP contribution in [-0.2, 0) is 11.0 Å². The van der Waals surface area contributed by atoms with E-state index in [1.165, 1.54) is 0 Å². The van der Waals surface area contributed by atoms with Crippen molar-refractivity contribution >= 4 is 29.3 Å². The number of tetrazole rings is 1. The summed E-state index contributed by atoms with van der Waals surface area (Å²) in [6.45, 7) is 0. The summed E-state index contributed by atoms with van der Waals surface area (Å²) >= 11 is 6.63. The number of hydrogen-bond acceptors (Lipinski definition) is 5. The van der Waals surface area contributed by atoms with Crippen molar-refractivity contribution < 1.29 is 23.1 Å². The summed E-state index contributed by atoms with van der Waals surface area (Å²) in [5.74, 6) is -1.44. The number of carbonyl (C=O) groups is 1. The number of aliphatic carboxylic acids is 1. The lowest BCUT2D eigenvalue weighted by Gasteiger charge is -2.10. The molecule has 0 aliphatic rings. The zero-order chi connectivity index (χ0) is 15.6. The van der Waals surface area contributed by atoms with Gasteiger partial charge < -0.3 is 5.11 Å². The third kappa shape index (κ3) is 3.64. The Morgan fingerprint density at radius 2 is 2.14 bits per heavy atom. The molecule has 0 saturated heterocycles. The lowest BCUT2D eigenvalue weighted by molar-refractivity contribution is -0.137. The van der Waals surface area contributed by atoms with Gasteiger partial charge in [0.25, 0.3) is 0 Å². The van der Waals surface area contributed by atoms with Gasteiger partial charge in [-0.25, -0.2) is 0 Å². The molecule has 0 atom stereocenters. The first kappa shape index (κ1) is 15.6. The molecule has 112 valence electrons. The molecule has 1 heterocycles. The van der Waals surface area contributed by atoms with Crippen LogP contribution in [0.5, 0.6) is 0 Å². The number of aromatic nitrogens is 4. The van der Waals surface area contributed by atoms with Crippen molar-refractivity contribution in [3.05, 3.63) is 28.8 Å². The maximum atomic E-state index is 12.7. The number of carboxylic acids is 1. The Labute approximate surface area is 124 Å². The van der Waals surface area contributed by atoms with Crippen molar-refractivity contribution in [3.8, 4) is 5.69 Å². The van der Waals surface area contributed by atoms with Gasteiger partial charge in [-0.05, 0) is 28.6 Å². The van der Waals surface area contributed by atoms with Crippen LogP contribution < -0.4 is 0 Å². The Hall–Kier alpha value is -1.81. The van der Waals surface area contributed by atoms with Crippen molar-refractivity contribution in [2.24, 2.45) is 0 Å². The second-order valence-electron chi connectivity index (χ2n) is 3.72. The number of carboxylic acid groups (broad SMARTS) is 1. The molecule has 1 N–H and O–H groups in total. The van der Waals surface area contributed by atoms with Crippen LogP contribution in [0.1, 0.15) is 5.56 Å². The van der Waals surface area contributed by atoms with E-state index in [0.29, 0.717) is 0 Å². The quantitative estimate of drug-likeness (QED) is 0.863. The zero-order valence-corrected chi connectivity index (χ0v) is 11.6. The molecule has 0 amide bonds. The molecule has 2 aromatic rings. The van der Waals surface area contributed by atoms with E-state index in [9.17, 15) is 18.0 Å². The van der Waals surface area contributed by atoms with Gasteiger partial charge in [0.15, 0.2) is 0 Å². The van der Waals surface area contributed by atoms with Gasteiger partial charge in [0.2, 0.25) is 5.16 Å². The van der Waals surface area contributed by atoms with E-state index in [1.807, 2.05) is 0 Å². The predicted molar refractivity (Wildman–Crippen MR) is 67.5 cm³/mol. The summed E-state index contributed by atoms with van der Waals surface area (Å²) in [5, 5.41) is 19.1. The fourth-order valence-corrected chi connectivity index (χ4v) is 2.20. The van der Waals surface area contributed by atoms with E-state index < -0.39 is 17.7 Å². The van der Waals surface area contributed by atoms with Crippen LogP contribution in [-0.4, -0.2) is 37.0 Å². The normalized spacial score (nSPS) is 11.6. The number of thioether (sulfide) groups is 1. The molecule has 0 aliphatic heterocycles. The first-order valence-corrected chi connectivity index (χ1v) is 6.65. The summed E-state index contributed by atoms with van der Waals surface area (Å²) in [4.78, 5) is 10.5. The second-order valence-corrected chi connectivity index (χ2v) is 5.07. The number of benzene rings is 1.